The largest absolute Gasteiger partial charge is 0.254 e. The summed E-state index contributed by atoms with van der Waals surface area (Å²) in [5.41, 5.74) is 8.67. The summed E-state index contributed by atoms with van der Waals surface area (Å²) in [7, 11) is 0. The van der Waals surface area contributed by atoms with Crippen molar-refractivity contribution < 1.29 is 0 Å². The lowest BCUT2D eigenvalue weighted by Crippen LogP contribution is -1.97. The van der Waals surface area contributed by atoms with E-state index < -0.39 is 0 Å². The summed E-state index contributed by atoms with van der Waals surface area (Å²) >= 11 is 0. The van der Waals surface area contributed by atoms with Crippen LogP contribution in [0.15, 0.2) is 146 Å². The second kappa shape index (κ2) is 10.0. The second-order valence-electron chi connectivity index (χ2n) is 10.3. The minimum absolute atomic E-state index is 0.694. The molecule has 0 amide bonds. The number of aromatic nitrogens is 4. The van der Waals surface area contributed by atoms with Crippen molar-refractivity contribution in [2.24, 2.45) is 0 Å². The van der Waals surface area contributed by atoms with E-state index in [-0.39, 0.29) is 0 Å². The molecule has 0 saturated carbocycles. The summed E-state index contributed by atoms with van der Waals surface area (Å²) in [5.74, 6) is 0.694. The number of hydrogen-bond acceptors (Lipinski definition) is 4. The van der Waals surface area contributed by atoms with Gasteiger partial charge in [-0.3, -0.25) is 4.98 Å². The van der Waals surface area contributed by atoms with Crippen LogP contribution in [-0.2, 0) is 0 Å². The van der Waals surface area contributed by atoms with E-state index in [1.807, 2.05) is 48.7 Å². The maximum atomic E-state index is 5.14. The molecule has 0 aliphatic rings. The summed E-state index contributed by atoms with van der Waals surface area (Å²) in [6, 6.07) is 47.8. The van der Waals surface area contributed by atoms with Gasteiger partial charge in [-0.1, -0.05) is 115 Å². The monoisotopic (exact) mass is 536 g/mol. The van der Waals surface area contributed by atoms with Gasteiger partial charge < -0.3 is 0 Å². The molecule has 0 spiro atoms. The molecule has 0 fully saturated rings. The Hall–Kier alpha value is -5.74. The van der Waals surface area contributed by atoms with Crippen LogP contribution < -0.4 is 0 Å². The Morgan fingerprint density at radius 1 is 0.381 bits per heavy atom. The third-order valence-corrected chi connectivity index (χ3v) is 7.74. The maximum Gasteiger partial charge on any atom is 0.161 e. The molecule has 0 aliphatic heterocycles. The van der Waals surface area contributed by atoms with E-state index in [0.717, 1.165) is 71.9 Å². The van der Waals surface area contributed by atoms with E-state index in [4.69, 9.17) is 15.0 Å². The van der Waals surface area contributed by atoms with Gasteiger partial charge in [0.05, 0.1) is 28.1 Å². The Kier molecular flexibility index (Phi) is 5.75. The fourth-order valence-electron chi connectivity index (χ4n) is 5.67. The lowest BCUT2D eigenvalue weighted by Gasteiger charge is -2.14. The van der Waals surface area contributed by atoms with Crippen molar-refractivity contribution in [3.05, 3.63) is 146 Å². The number of benzene rings is 5. The molecule has 196 valence electrons. The first-order valence-corrected chi connectivity index (χ1v) is 14.0. The highest BCUT2D eigenvalue weighted by Crippen LogP contribution is 2.36. The molecule has 0 aliphatic carbocycles. The minimum Gasteiger partial charge on any atom is -0.254 e. The van der Waals surface area contributed by atoms with Crippen molar-refractivity contribution in [1.29, 1.82) is 0 Å². The van der Waals surface area contributed by atoms with E-state index in [1.54, 1.807) is 0 Å². The van der Waals surface area contributed by atoms with Crippen LogP contribution >= 0.6 is 0 Å². The summed E-state index contributed by atoms with van der Waals surface area (Å²) in [4.78, 5) is 20.0. The van der Waals surface area contributed by atoms with Gasteiger partial charge in [0, 0.05) is 39.2 Å². The SMILES string of the molecule is c1ccc(-c2cc(-c3ccccc3)nc(-c3ccc(-c4ccc5ccc6cccnc6c5n4)c4ccccc34)n2)cc1. The van der Waals surface area contributed by atoms with E-state index in [0.29, 0.717) is 5.82 Å². The molecular formula is C38H24N4. The molecule has 4 heteroatoms. The highest BCUT2D eigenvalue weighted by molar-refractivity contribution is 6.06. The molecule has 0 unspecified atom stereocenters. The van der Waals surface area contributed by atoms with E-state index in [2.05, 4.69) is 102 Å². The Morgan fingerprint density at radius 2 is 0.952 bits per heavy atom. The molecule has 0 bridgehead atoms. The van der Waals surface area contributed by atoms with Gasteiger partial charge in [0.15, 0.2) is 5.82 Å². The van der Waals surface area contributed by atoms with Crippen molar-refractivity contribution in [3.63, 3.8) is 0 Å². The van der Waals surface area contributed by atoms with Gasteiger partial charge in [-0.05, 0) is 35.0 Å². The predicted octanol–water partition coefficient (Wildman–Crippen LogP) is 9.39. The summed E-state index contributed by atoms with van der Waals surface area (Å²) < 4.78 is 0. The second-order valence-corrected chi connectivity index (χ2v) is 10.3. The van der Waals surface area contributed by atoms with Gasteiger partial charge in [0.1, 0.15) is 0 Å². The molecular weight excluding hydrogens is 512 g/mol. The van der Waals surface area contributed by atoms with Gasteiger partial charge in [0.2, 0.25) is 0 Å². The maximum absolute atomic E-state index is 5.14. The third kappa shape index (κ3) is 4.18. The zero-order valence-corrected chi connectivity index (χ0v) is 22.6. The van der Waals surface area contributed by atoms with Crippen molar-refractivity contribution >= 4 is 32.6 Å². The molecule has 4 nitrogen and oxygen atoms in total. The van der Waals surface area contributed by atoms with Gasteiger partial charge in [-0.25, -0.2) is 15.0 Å². The fourth-order valence-corrected chi connectivity index (χ4v) is 5.67. The normalized spacial score (nSPS) is 11.3. The van der Waals surface area contributed by atoms with Crippen molar-refractivity contribution in [3.8, 4) is 45.2 Å². The van der Waals surface area contributed by atoms with E-state index in [1.165, 1.54) is 0 Å². The molecule has 8 aromatic rings. The van der Waals surface area contributed by atoms with Crippen LogP contribution in [0.4, 0.5) is 0 Å². The third-order valence-electron chi connectivity index (χ3n) is 7.74. The van der Waals surface area contributed by atoms with Crippen LogP contribution in [0.5, 0.6) is 0 Å². The average molecular weight is 537 g/mol. The molecule has 5 aromatic carbocycles. The number of pyridine rings is 2. The van der Waals surface area contributed by atoms with E-state index in [9.17, 15) is 0 Å². The smallest absolute Gasteiger partial charge is 0.161 e. The van der Waals surface area contributed by atoms with E-state index >= 15 is 0 Å². The average Bonchev–Trinajstić information content (AvgIpc) is 3.08. The van der Waals surface area contributed by atoms with Gasteiger partial charge >= 0.3 is 0 Å². The topological polar surface area (TPSA) is 51.6 Å². The Bertz CT molecular complexity index is 2190. The predicted molar refractivity (Wildman–Crippen MR) is 172 cm³/mol. The Morgan fingerprint density at radius 3 is 1.64 bits per heavy atom. The van der Waals surface area contributed by atoms with Gasteiger partial charge in [0.25, 0.3) is 0 Å². The van der Waals surface area contributed by atoms with Crippen molar-refractivity contribution in [2.75, 3.05) is 0 Å². The fraction of sp³-hybridized carbons (Fsp3) is 0. The van der Waals surface area contributed by atoms with Crippen LogP contribution in [0, 0.1) is 0 Å². The van der Waals surface area contributed by atoms with Crippen molar-refractivity contribution in [2.45, 2.75) is 0 Å². The van der Waals surface area contributed by atoms with Gasteiger partial charge in [-0.15, -0.1) is 0 Å². The molecule has 0 N–H and O–H groups in total. The first kappa shape index (κ1) is 24.1. The first-order valence-electron chi connectivity index (χ1n) is 14.0. The molecule has 3 heterocycles. The van der Waals surface area contributed by atoms with Crippen LogP contribution in [-0.4, -0.2) is 19.9 Å². The number of rotatable bonds is 4. The minimum atomic E-state index is 0.694. The lowest BCUT2D eigenvalue weighted by molar-refractivity contribution is 1.19. The molecule has 3 aromatic heterocycles. The number of nitrogens with zero attached hydrogens (tertiary/aromatic N) is 4. The standard InChI is InChI=1S/C38H24N4/c1-3-10-25(11-4-1)34-24-35(26-12-5-2-6-13-26)42-38(41-34)32-21-20-31(29-15-7-8-16-30(29)32)33-22-19-28-18-17-27-14-9-23-39-36(27)37(28)40-33/h1-24H. The molecule has 0 radical (unpaired) electrons. The highest BCUT2D eigenvalue weighted by atomic mass is 14.9. The van der Waals surface area contributed by atoms with Crippen molar-refractivity contribution in [1.82, 2.24) is 19.9 Å². The molecule has 0 saturated heterocycles. The zero-order valence-electron chi connectivity index (χ0n) is 22.6. The molecule has 0 atom stereocenters. The first-order chi connectivity index (χ1) is 20.8. The highest BCUT2D eigenvalue weighted by Gasteiger charge is 2.16. The number of hydrogen-bond donors (Lipinski definition) is 0. The van der Waals surface area contributed by atoms with Crippen LogP contribution in [0.3, 0.4) is 0 Å². The summed E-state index contributed by atoms with van der Waals surface area (Å²) in [5, 5.41) is 4.34. The lowest BCUT2D eigenvalue weighted by atomic mass is 9.96. The summed E-state index contributed by atoms with van der Waals surface area (Å²) in [6.45, 7) is 0. The van der Waals surface area contributed by atoms with Gasteiger partial charge in [-0.2, -0.15) is 0 Å². The van der Waals surface area contributed by atoms with Crippen LogP contribution in [0.1, 0.15) is 0 Å². The zero-order chi connectivity index (χ0) is 27.9. The van der Waals surface area contributed by atoms with Crippen LogP contribution in [0.2, 0.25) is 0 Å². The molecule has 8 rings (SSSR count). The molecule has 42 heavy (non-hydrogen) atoms. The Balaban J connectivity index is 1.33. The van der Waals surface area contributed by atoms with Crippen LogP contribution in [0.25, 0.3) is 77.7 Å². The summed E-state index contributed by atoms with van der Waals surface area (Å²) in [6.07, 6.45) is 1.83. The Labute approximate surface area is 243 Å². The number of fused-ring (bicyclic) bond motifs is 4. The quantitative estimate of drug-likeness (QED) is 0.210.